The molecule has 112 valence electrons. The largest absolute Gasteiger partial charge is 0.430 e. The van der Waals surface area contributed by atoms with Gasteiger partial charge in [0.05, 0.1) is 0 Å². The SMILES string of the molecule is C=C/C=C(\C=C/N)C(O)(C(F)(F)F)C(F)(F)F.CC. The van der Waals surface area contributed by atoms with Gasteiger partial charge in [-0.05, 0) is 12.3 Å². The topological polar surface area (TPSA) is 46.2 Å². The highest BCUT2D eigenvalue weighted by Gasteiger charge is 2.71. The van der Waals surface area contributed by atoms with Gasteiger partial charge in [0.1, 0.15) is 0 Å². The average molecular weight is 291 g/mol. The molecule has 0 fully saturated rings. The Hall–Kier alpha value is -1.44. The first-order chi connectivity index (χ1) is 8.52. The molecule has 0 saturated carbocycles. The molecule has 2 nitrogen and oxygen atoms in total. The van der Waals surface area contributed by atoms with E-state index >= 15 is 0 Å². The summed E-state index contributed by atoms with van der Waals surface area (Å²) in [6.45, 7) is 6.96. The van der Waals surface area contributed by atoms with Gasteiger partial charge in [-0.25, -0.2) is 0 Å². The molecule has 0 radical (unpaired) electrons. The van der Waals surface area contributed by atoms with E-state index < -0.39 is 23.5 Å². The first-order valence-electron chi connectivity index (χ1n) is 5.09. The summed E-state index contributed by atoms with van der Waals surface area (Å²) < 4.78 is 74.3. The van der Waals surface area contributed by atoms with Gasteiger partial charge < -0.3 is 10.8 Å². The van der Waals surface area contributed by atoms with Gasteiger partial charge in [-0.1, -0.05) is 32.6 Å². The summed E-state index contributed by atoms with van der Waals surface area (Å²) >= 11 is 0. The maximum Gasteiger partial charge on any atom is 0.430 e. The fourth-order valence-corrected chi connectivity index (χ4v) is 1.02. The first kappa shape index (κ1) is 19.9. The van der Waals surface area contributed by atoms with Crippen LogP contribution in [0.15, 0.2) is 36.6 Å². The highest BCUT2D eigenvalue weighted by Crippen LogP contribution is 2.47. The number of hydrogen-bond acceptors (Lipinski definition) is 2. The lowest BCUT2D eigenvalue weighted by atomic mass is 9.91. The lowest BCUT2D eigenvalue weighted by molar-refractivity contribution is -0.350. The van der Waals surface area contributed by atoms with E-state index in [-0.39, 0.29) is 0 Å². The van der Waals surface area contributed by atoms with Gasteiger partial charge >= 0.3 is 12.4 Å². The zero-order chi connectivity index (χ0) is 15.9. The summed E-state index contributed by atoms with van der Waals surface area (Å²) in [5.41, 5.74) is -1.70. The van der Waals surface area contributed by atoms with E-state index in [1.165, 1.54) is 0 Å². The minimum Gasteiger partial charge on any atom is -0.405 e. The zero-order valence-corrected chi connectivity index (χ0v) is 10.3. The standard InChI is InChI=1S/C9H9F6NO.C2H6/c1-2-3-6(4-5-16)7(17,8(10,11)12)9(13,14)15;1-2/h2-5,17H,1,16H2;1-2H3/b5-4-,6-3+;. The molecule has 8 heteroatoms. The number of allylic oxidation sites excluding steroid dienone is 2. The maximum absolute atomic E-state index is 12.4. The summed E-state index contributed by atoms with van der Waals surface area (Å²) in [4.78, 5) is 0. The summed E-state index contributed by atoms with van der Waals surface area (Å²) in [5, 5.41) is 8.93. The van der Waals surface area contributed by atoms with Crippen molar-refractivity contribution in [3.63, 3.8) is 0 Å². The molecule has 0 rings (SSSR count). The molecule has 0 aliphatic heterocycles. The van der Waals surface area contributed by atoms with Crippen molar-refractivity contribution in [3.05, 3.63) is 36.6 Å². The molecule has 3 N–H and O–H groups in total. The Morgan fingerprint density at radius 3 is 1.63 bits per heavy atom. The molecular formula is C11H15F6NO. The van der Waals surface area contributed by atoms with E-state index in [0.29, 0.717) is 24.4 Å². The molecule has 0 aromatic carbocycles. The normalized spacial score (nSPS) is 14.1. The van der Waals surface area contributed by atoms with Crippen LogP contribution in [-0.2, 0) is 0 Å². The van der Waals surface area contributed by atoms with Crippen molar-refractivity contribution in [2.75, 3.05) is 0 Å². The van der Waals surface area contributed by atoms with Gasteiger partial charge in [0.15, 0.2) is 0 Å². The molecule has 0 atom stereocenters. The van der Waals surface area contributed by atoms with Gasteiger partial charge in [0.2, 0.25) is 0 Å². The highest BCUT2D eigenvalue weighted by molar-refractivity contribution is 5.35. The Bertz CT molecular complexity index is 326. The number of aliphatic hydroxyl groups is 1. The van der Waals surface area contributed by atoms with E-state index in [2.05, 4.69) is 6.58 Å². The van der Waals surface area contributed by atoms with Gasteiger partial charge in [0.25, 0.3) is 5.60 Å². The van der Waals surface area contributed by atoms with E-state index in [0.717, 1.165) is 0 Å². The van der Waals surface area contributed by atoms with Crippen LogP contribution in [0.4, 0.5) is 26.3 Å². The van der Waals surface area contributed by atoms with Gasteiger partial charge in [-0.15, -0.1) is 0 Å². The molecular weight excluding hydrogens is 276 g/mol. The van der Waals surface area contributed by atoms with Crippen LogP contribution in [0.25, 0.3) is 0 Å². The second-order valence-electron chi connectivity index (χ2n) is 2.92. The summed E-state index contributed by atoms with van der Waals surface area (Å²) in [6, 6.07) is 0. The van der Waals surface area contributed by atoms with Crippen LogP contribution in [0, 0.1) is 0 Å². The van der Waals surface area contributed by atoms with Crippen molar-refractivity contribution in [2.45, 2.75) is 31.8 Å². The first-order valence-corrected chi connectivity index (χ1v) is 5.09. The van der Waals surface area contributed by atoms with Crippen molar-refractivity contribution in [2.24, 2.45) is 5.73 Å². The van der Waals surface area contributed by atoms with Crippen LogP contribution in [0.1, 0.15) is 13.8 Å². The Balaban J connectivity index is 0. The third kappa shape index (κ3) is 4.30. The second-order valence-corrected chi connectivity index (χ2v) is 2.92. The van der Waals surface area contributed by atoms with Crippen molar-refractivity contribution in [1.82, 2.24) is 0 Å². The molecule has 0 saturated heterocycles. The molecule has 0 spiro atoms. The molecule has 0 aromatic heterocycles. The minimum absolute atomic E-state index is 0.308. The molecule has 0 heterocycles. The van der Waals surface area contributed by atoms with Crippen molar-refractivity contribution < 1.29 is 31.4 Å². The lowest BCUT2D eigenvalue weighted by Crippen LogP contribution is -2.57. The van der Waals surface area contributed by atoms with Crippen LogP contribution in [0.5, 0.6) is 0 Å². The summed E-state index contributed by atoms with van der Waals surface area (Å²) in [7, 11) is 0. The third-order valence-electron chi connectivity index (χ3n) is 1.81. The molecule has 0 aliphatic rings. The van der Waals surface area contributed by atoms with Gasteiger partial charge in [0, 0.05) is 5.57 Å². The molecule has 0 aromatic rings. The van der Waals surface area contributed by atoms with Crippen LogP contribution in [0.2, 0.25) is 0 Å². The summed E-state index contributed by atoms with van der Waals surface area (Å²) in [6.07, 6.45) is -10.0. The van der Waals surface area contributed by atoms with Crippen LogP contribution in [0.3, 0.4) is 0 Å². The van der Waals surface area contributed by atoms with Crippen LogP contribution < -0.4 is 5.73 Å². The smallest absolute Gasteiger partial charge is 0.405 e. The molecule has 0 bridgehead atoms. The van der Waals surface area contributed by atoms with Crippen LogP contribution >= 0.6 is 0 Å². The maximum atomic E-state index is 12.4. The lowest BCUT2D eigenvalue weighted by Gasteiger charge is -2.33. The molecule has 0 unspecified atom stereocenters. The second kappa shape index (κ2) is 7.22. The predicted molar refractivity (Wildman–Crippen MR) is 60.0 cm³/mol. The number of alkyl halides is 6. The Morgan fingerprint density at radius 2 is 1.42 bits per heavy atom. The van der Waals surface area contributed by atoms with Crippen molar-refractivity contribution >= 4 is 0 Å². The highest BCUT2D eigenvalue weighted by atomic mass is 19.4. The predicted octanol–water partition coefficient (Wildman–Crippen LogP) is 3.45. The zero-order valence-electron chi connectivity index (χ0n) is 10.3. The quantitative estimate of drug-likeness (QED) is 0.618. The van der Waals surface area contributed by atoms with E-state index in [4.69, 9.17) is 10.8 Å². The summed E-state index contributed by atoms with van der Waals surface area (Å²) in [5.74, 6) is 0. The monoisotopic (exact) mass is 291 g/mol. The van der Waals surface area contributed by atoms with E-state index in [1.54, 1.807) is 0 Å². The Morgan fingerprint density at radius 1 is 1.05 bits per heavy atom. The molecule has 0 aliphatic carbocycles. The molecule has 0 amide bonds. The Labute approximate surface area is 106 Å². The minimum atomic E-state index is -5.93. The number of halogens is 6. The third-order valence-corrected chi connectivity index (χ3v) is 1.81. The molecule has 19 heavy (non-hydrogen) atoms. The number of hydrogen-bond donors (Lipinski definition) is 2. The fourth-order valence-electron chi connectivity index (χ4n) is 1.02. The van der Waals surface area contributed by atoms with E-state index in [9.17, 15) is 26.3 Å². The van der Waals surface area contributed by atoms with Gasteiger partial charge in [-0.2, -0.15) is 26.3 Å². The number of nitrogens with two attached hydrogens (primary N) is 1. The fraction of sp³-hybridized carbons (Fsp3) is 0.455. The average Bonchev–Trinajstić information content (AvgIpc) is 2.27. The van der Waals surface area contributed by atoms with Crippen LogP contribution in [-0.4, -0.2) is 23.1 Å². The Kier molecular flexibility index (Phi) is 7.56. The number of rotatable bonds is 3. The van der Waals surface area contributed by atoms with E-state index in [1.807, 2.05) is 13.8 Å². The van der Waals surface area contributed by atoms with Gasteiger partial charge in [-0.3, -0.25) is 0 Å². The van der Waals surface area contributed by atoms with Crippen molar-refractivity contribution in [3.8, 4) is 0 Å². The van der Waals surface area contributed by atoms with Crippen molar-refractivity contribution in [1.29, 1.82) is 0 Å².